The van der Waals surface area contributed by atoms with Gasteiger partial charge in [0.2, 0.25) is 0 Å². The van der Waals surface area contributed by atoms with Gasteiger partial charge in [0.15, 0.2) is 0 Å². The Balaban J connectivity index is 2.48. The molecule has 0 aliphatic rings. The van der Waals surface area contributed by atoms with Crippen LogP contribution in [0.3, 0.4) is 0 Å². The first-order chi connectivity index (χ1) is 8.24. The standard InChI is InChI=1S/C12H13BrN2O2/c13-7-3-4-8-15-12(17)10-6-2-1-5-9(10)11(16)14-15/h1-2,5-6H,3-4,7-8H2,(H,14,16). The second-order valence-corrected chi connectivity index (χ2v) is 4.63. The van der Waals surface area contributed by atoms with Crippen LogP contribution >= 0.6 is 15.9 Å². The molecule has 0 atom stereocenters. The van der Waals surface area contributed by atoms with Crippen molar-refractivity contribution in [2.75, 3.05) is 5.33 Å². The van der Waals surface area contributed by atoms with Crippen LogP contribution in [0.1, 0.15) is 12.8 Å². The zero-order valence-electron chi connectivity index (χ0n) is 9.28. The molecule has 1 heterocycles. The number of nitrogens with one attached hydrogen (secondary N) is 1. The van der Waals surface area contributed by atoms with Crippen LogP contribution < -0.4 is 11.1 Å². The Labute approximate surface area is 106 Å². The fourth-order valence-electron chi connectivity index (χ4n) is 1.77. The van der Waals surface area contributed by atoms with Crippen LogP contribution in [-0.4, -0.2) is 15.1 Å². The molecule has 2 rings (SSSR count). The Morgan fingerprint density at radius 3 is 2.53 bits per heavy atom. The summed E-state index contributed by atoms with van der Waals surface area (Å²) in [5.74, 6) is 0. The van der Waals surface area contributed by atoms with Crippen molar-refractivity contribution in [3.63, 3.8) is 0 Å². The van der Waals surface area contributed by atoms with Crippen LogP contribution in [0.25, 0.3) is 10.8 Å². The zero-order valence-corrected chi connectivity index (χ0v) is 10.9. The number of halogens is 1. The maximum absolute atomic E-state index is 12.1. The summed E-state index contributed by atoms with van der Waals surface area (Å²) in [4.78, 5) is 23.8. The van der Waals surface area contributed by atoms with Crippen LogP contribution in [0, 0.1) is 0 Å². The highest BCUT2D eigenvalue weighted by Crippen LogP contribution is 2.03. The summed E-state index contributed by atoms with van der Waals surface area (Å²) in [6.45, 7) is 0.546. The summed E-state index contributed by atoms with van der Waals surface area (Å²) < 4.78 is 1.40. The summed E-state index contributed by atoms with van der Waals surface area (Å²) in [5, 5.41) is 4.45. The van der Waals surface area contributed by atoms with Crippen molar-refractivity contribution in [3.8, 4) is 0 Å². The third kappa shape index (κ3) is 2.49. The average molecular weight is 297 g/mol. The molecule has 2 aromatic rings. The van der Waals surface area contributed by atoms with Gasteiger partial charge in [-0.3, -0.25) is 14.7 Å². The predicted octanol–water partition coefficient (Wildman–Crippen LogP) is 1.86. The van der Waals surface area contributed by atoms with Gasteiger partial charge >= 0.3 is 0 Å². The second-order valence-electron chi connectivity index (χ2n) is 3.84. The summed E-state index contributed by atoms with van der Waals surface area (Å²) in [7, 11) is 0. The number of unbranched alkanes of at least 4 members (excludes halogenated alkanes) is 1. The quantitative estimate of drug-likeness (QED) is 0.692. The van der Waals surface area contributed by atoms with Gasteiger partial charge in [-0.1, -0.05) is 28.1 Å². The van der Waals surface area contributed by atoms with E-state index in [9.17, 15) is 9.59 Å². The fourth-order valence-corrected chi connectivity index (χ4v) is 2.16. The van der Waals surface area contributed by atoms with Gasteiger partial charge in [-0.15, -0.1) is 0 Å². The normalized spacial score (nSPS) is 10.9. The Morgan fingerprint density at radius 2 is 1.82 bits per heavy atom. The minimum atomic E-state index is -0.209. The molecule has 0 saturated heterocycles. The van der Waals surface area contributed by atoms with Gasteiger partial charge in [0, 0.05) is 11.9 Å². The topological polar surface area (TPSA) is 54.9 Å². The number of alkyl halides is 1. The molecule has 90 valence electrons. The molecule has 0 aliphatic carbocycles. The Bertz CT molecular complexity index is 630. The number of rotatable bonds is 4. The van der Waals surface area contributed by atoms with Gasteiger partial charge in [0.25, 0.3) is 11.1 Å². The lowest BCUT2D eigenvalue weighted by molar-refractivity contribution is 0.544. The largest absolute Gasteiger partial charge is 0.273 e. The molecule has 5 heteroatoms. The van der Waals surface area contributed by atoms with Crippen molar-refractivity contribution in [3.05, 3.63) is 45.0 Å². The molecule has 0 unspecified atom stereocenters. The van der Waals surface area contributed by atoms with Crippen LogP contribution in [0.15, 0.2) is 33.9 Å². The number of aromatic amines is 1. The van der Waals surface area contributed by atoms with Crippen LogP contribution in [0.4, 0.5) is 0 Å². The molecule has 1 N–H and O–H groups in total. The molecule has 0 radical (unpaired) electrons. The van der Waals surface area contributed by atoms with Crippen molar-refractivity contribution in [2.24, 2.45) is 0 Å². The van der Waals surface area contributed by atoms with Crippen LogP contribution in [0.5, 0.6) is 0 Å². The van der Waals surface area contributed by atoms with Gasteiger partial charge < -0.3 is 0 Å². The molecule has 0 saturated carbocycles. The van der Waals surface area contributed by atoms with Crippen molar-refractivity contribution < 1.29 is 0 Å². The number of H-pyrrole nitrogens is 1. The molecule has 4 nitrogen and oxygen atoms in total. The molecule has 1 aromatic heterocycles. The average Bonchev–Trinajstić information content (AvgIpc) is 2.36. The number of hydrogen-bond acceptors (Lipinski definition) is 2. The molecular formula is C12H13BrN2O2. The van der Waals surface area contributed by atoms with Gasteiger partial charge in [-0.05, 0) is 25.0 Å². The summed E-state index contributed by atoms with van der Waals surface area (Å²) in [5.41, 5.74) is -0.339. The van der Waals surface area contributed by atoms with Crippen LogP contribution in [-0.2, 0) is 6.54 Å². The third-order valence-corrected chi connectivity index (χ3v) is 3.21. The number of aryl methyl sites for hydroxylation is 1. The monoisotopic (exact) mass is 296 g/mol. The Hall–Kier alpha value is -1.36. The highest BCUT2D eigenvalue weighted by molar-refractivity contribution is 9.09. The minimum Gasteiger partial charge on any atom is -0.267 e. The third-order valence-electron chi connectivity index (χ3n) is 2.65. The maximum Gasteiger partial charge on any atom is 0.273 e. The first-order valence-electron chi connectivity index (χ1n) is 5.52. The van der Waals surface area contributed by atoms with E-state index in [0.717, 1.165) is 18.2 Å². The second kappa shape index (κ2) is 5.31. The highest BCUT2D eigenvalue weighted by Gasteiger charge is 2.05. The van der Waals surface area contributed by atoms with E-state index in [1.165, 1.54) is 4.68 Å². The van der Waals surface area contributed by atoms with Gasteiger partial charge in [0.1, 0.15) is 0 Å². The first kappa shape index (κ1) is 12.1. The molecule has 1 aromatic carbocycles. The van der Waals surface area contributed by atoms with E-state index in [0.29, 0.717) is 17.3 Å². The number of nitrogens with zero attached hydrogens (tertiary/aromatic N) is 1. The van der Waals surface area contributed by atoms with Crippen molar-refractivity contribution in [1.82, 2.24) is 9.78 Å². The van der Waals surface area contributed by atoms with Gasteiger partial charge in [-0.2, -0.15) is 0 Å². The molecule has 0 amide bonds. The molecule has 0 spiro atoms. The Kier molecular flexibility index (Phi) is 3.78. The van der Waals surface area contributed by atoms with Crippen LogP contribution in [0.2, 0.25) is 0 Å². The minimum absolute atomic E-state index is 0.130. The lowest BCUT2D eigenvalue weighted by Gasteiger charge is -2.06. The zero-order chi connectivity index (χ0) is 12.3. The van der Waals surface area contributed by atoms with E-state index in [4.69, 9.17) is 0 Å². The summed E-state index contributed by atoms with van der Waals surface area (Å²) in [6.07, 6.45) is 1.83. The summed E-state index contributed by atoms with van der Waals surface area (Å²) >= 11 is 3.34. The Morgan fingerprint density at radius 1 is 1.12 bits per heavy atom. The van der Waals surface area contributed by atoms with Crippen molar-refractivity contribution >= 4 is 26.7 Å². The lowest BCUT2D eigenvalue weighted by Crippen LogP contribution is -2.29. The summed E-state index contributed by atoms with van der Waals surface area (Å²) in [6, 6.07) is 6.88. The SMILES string of the molecule is O=c1[nH]n(CCCCBr)c(=O)c2ccccc12. The maximum atomic E-state index is 12.1. The van der Waals surface area contributed by atoms with Crippen molar-refractivity contribution in [2.45, 2.75) is 19.4 Å². The number of benzene rings is 1. The highest BCUT2D eigenvalue weighted by atomic mass is 79.9. The number of fused-ring (bicyclic) bond motifs is 1. The van der Waals surface area contributed by atoms with E-state index in [2.05, 4.69) is 21.0 Å². The van der Waals surface area contributed by atoms with Gasteiger partial charge in [-0.25, -0.2) is 4.68 Å². The van der Waals surface area contributed by atoms with Gasteiger partial charge in [0.05, 0.1) is 10.8 Å². The number of aromatic nitrogens is 2. The molecule has 0 bridgehead atoms. The van der Waals surface area contributed by atoms with E-state index in [1.807, 2.05) is 0 Å². The first-order valence-corrected chi connectivity index (χ1v) is 6.64. The molecular weight excluding hydrogens is 284 g/mol. The fraction of sp³-hybridized carbons (Fsp3) is 0.333. The van der Waals surface area contributed by atoms with E-state index in [1.54, 1.807) is 24.3 Å². The lowest BCUT2D eigenvalue weighted by atomic mass is 10.2. The van der Waals surface area contributed by atoms with E-state index >= 15 is 0 Å². The molecule has 17 heavy (non-hydrogen) atoms. The number of hydrogen-bond donors (Lipinski definition) is 1. The van der Waals surface area contributed by atoms with E-state index in [-0.39, 0.29) is 11.1 Å². The predicted molar refractivity (Wildman–Crippen MR) is 71.9 cm³/mol. The molecule has 0 fully saturated rings. The smallest absolute Gasteiger partial charge is 0.267 e. The van der Waals surface area contributed by atoms with E-state index < -0.39 is 0 Å². The van der Waals surface area contributed by atoms with Crippen molar-refractivity contribution in [1.29, 1.82) is 0 Å². The molecule has 0 aliphatic heterocycles.